The fourth-order valence-electron chi connectivity index (χ4n) is 7.64. The number of fused-ring (bicyclic) bond motifs is 1. The molecule has 3 heterocycles. The SMILES string of the molecule is C[C@@]12C=C[C@]3(O1)[C@H](C(=O)N(C1CCCCC1)[C@@H]3C(=O)NC1CCCCC1)[C@H]2C(=O)Nc1ccc(Cl)c(Cl)c1. The Labute approximate surface area is 233 Å². The minimum absolute atomic E-state index is 0.0269. The molecule has 3 aliphatic heterocycles. The summed E-state index contributed by atoms with van der Waals surface area (Å²) in [5.74, 6) is -2.19. The highest BCUT2D eigenvalue weighted by Crippen LogP contribution is 2.60. The van der Waals surface area contributed by atoms with Crippen molar-refractivity contribution in [3.8, 4) is 0 Å². The van der Waals surface area contributed by atoms with Crippen LogP contribution in [0.1, 0.15) is 71.1 Å². The molecule has 1 spiro atoms. The summed E-state index contributed by atoms with van der Waals surface area (Å²) in [6, 6.07) is 4.19. The normalized spacial score (nSPS) is 35.0. The highest BCUT2D eigenvalue weighted by atomic mass is 35.5. The van der Waals surface area contributed by atoms with Crippen molar-refractivity contribution in [2.75, 3.05) is 5.32 Å². The Morgan fingerprint density at radius 3 is 2.32 bits per heavy atom. The highest BCUT2D eigenvalue weighted by molar-refractivity contribution is 6.42. The Morgan fingerprint density at radius 1 is 0.947 bits per heavy atom. The van der Waals surface area contributed by atoms with E-state index in [1.165, 1.54) is 6.42 Å². The molecule has 1 aromatic rings. The minimum atomic E-state index is -1.17. The largest absolute Gasteiger partial charge is 0.356 e. The molecule has 6 rings (SSSR count). The first-order valence-electron chi connectivity index (χ1n) is 14.0. The summed E-state index contributed by atoms with van der Waals surface area (Å²) in [6.07, 6.45) is 14.0. The van der Waals surface area contributed by atoms with Gasteiger partial charge in [-0.05, 0) is 50.8 Å². The number of benzene rings is 1. The van der Waals surface area contributed by atoms with Gasteiger partial charge in [0.15, 0.2) is 0 Å². The van der Waals surface area contributed by atoms with Crippen molar-refractivity contribution in [2.45, 2.75) is 100 Å². The van der Waals surface area contributed by atoms with Gasteiger partial charge in [-0.15, -0.1) is 0 Å². The Balaban J connectivity index is 1.34. The van der Waals surface area contributed by atoms with Gasteiger partial charge in [-0.1, -0.05) is 73.9 Å². The van der Waals surface area contributed by atoms with Gasteiger partial charge in [0.25, 0.3) is 0 Å². The Bertz CT molecular complexity index is 1180. The molecule has 2 N–H and O–H groups in total. The van der Waals surface area contributed by atoms with E-state index in [0.29, 0.717) is 15.7 Å². The molecular formula is C29H35Cl2N3O4. The maximum absolute atomic E-state index is 14.3. The van der Waals surface area contributed by atoms with Crippen molar-refractivity contribution in [1.82, 2.24) is 10.2 Å². The van der Waals surface area contributed by atoms with E-state index in [1.54, 1.807) is 23.1 Å². The monoisotopic (exact) mass is 559 g/mol. The zero-order chi connectivity index (χ0) is 26.7. The predicted octanol–water partition coefficient (Wildman–Crippen LogP) is 5.25. The lowest BCUT2D eigenvalue weighted by Gasteiger charge is -2.39. The first-order chi connectivity index (χ1) is 18.2. The standard InChI is InChI=1S/C29H35Cl2N3O4/c1-28-14-15-29(38-28)23(22(28)25(35)33-18-12-13-20(30)21(31)16-18)27(37)34(19-10-6-3-7-11-19)24(29)26(36)32-17-8-4-2-5-9-17/h12-17,19,22-24H,2-11H2,1H3,(H,32,36)(H,33,35)/t22-,23-,24+,28-,29-/m0/s1. The molecule has 1 aromatic carbocycles. The van der Waals surface area contributed by atoms with Gasteiger partial charge in [-0.3, -0.25) is 14.4 Å². The first-order valence-corrected chi connectivity index (χ1v) is 14.8. The lowest BCUT2D eigenvalue weighted by atomic mass is 9.70. The van der Waals surface area contributed by atoms with Crippen molar-refractivity contribution in [3.05, 3.63) is 40.4 Å². The molecule has 7 nitrogen and oxygen atoms in total. The molecule has 2 bridgehead atoms. The van der Waals surface area contributed by atoms with E-state index < -0.39 is 29.1 Å². The van der Waals surface area contributed by atoms with Crippen LogP contribution in [-0.4, -0.2) is 51.9 Å². The third-order valence-electron chi connectivity index (χ3n) is 9.37. The van der Waals surface area contributed by atoms with Crippen LogP contribution in [0.2, 0.25) is 10.0 Å². The smallest absolute Gasteiger partial charge is 0.246 e. The number of hydrogen-bond acceptors (Lipinski definition) is 4. The van der Waals surface area contributed by atoms with Gasteiger partial charge in [0.1, 0.15) is 11.6 Å². The van der Waals surface area contributed by atoms with Gasteiger partial charge in [-0.2, -0.15) is 0 Å². The lowest BCUT2D eigenvalue weighted by molar-refractivity contribution is -0.147. The topological polar surface area (TPSA) is 87.7 Å². The second-order valence-corrected chi connectivity index (χ2v) is 12.6. The number of halogens is 2. The number of likely N-dealkylation sites (tertiary alicyclic amines) is 1. The lowest BCUT2D eigenvalue weighted by Crippen LogP contribution is -2.58. The number of carbonyl (C=O) groups excluding carboxylic acids is 3. The number of hydrogen-bond donors (Lipinski definition) is 2. The van der Waals surface area contributed by atoms with Crippen LogP contribution in [-0.2, 0) is 19.1 Å². The van der Waals surface area contributed by atoms with Gasteiger partial charge in [0.2, 0.25) is 17.7 Å². The van der Waals surface area contributed by atoms with Gasteiger partial charge >= 0.3 is 0 Å². The molecule has 204 valence electrons. The number of anilines is 1. The summed E-state index contributed by atoms with van der Waals surface area (Å²) in [5, 5.41) is 6.92. The summed E-state index contributed by atoms with van der Waals surface area (Å²) < 4.78 is 6.66. The zero-order valence-electron chi connectivity index (χ0n) is 21.7. The number of ether oxygens (including phenoxy) is 1. The van der Waals surface area contributed by atoms with Crippen LogP contribution in [0.15, 0.2) is 30.4 Å². The van der Waals surface area contributed by atoms with E-state index in [-0.39, 0.29) is 29.8 Å². The van der Waals surface area contributed by atoms with Gasteiger partial charge in [-0.25, -0.2) is 0 Å². The summed E-state index contributed by atoms with van der Waals surface area (Å²) in [4.78, 5) is 43.9. The Morgan fingerprint density at radius 2 is 1.63 bits per heavy atom. The van der Waals surface area contributed by atoms with Crippen molar-refractivity contribution >= 4 is 46.6 Å². The van der Waals surface area contributed by atoms with E-state index in [2.05, 4.69) is 10.6 Å². The quantitative estimate of drug-likeness (QED) is 0.482. The second kappa shape index (κ2) is 9.83. The summed E-state index contributed by atoms with van der Waals surface area (Å²) in [5.41, 5.74) is -1.67. The number of nitrogens with zero attached hydrogens (tertiary/aromatic N) is 1. The second-order valence-electron chi connectivity index (χ2n) is 11.8. The van der Waals surface area contributed by atoms with Crippen LogP contribution >= 0.6 is 23.2 Å². The zero-order valence-corrected chi connectivity index (χ0v) is 23.2. The van der Waals surface area contributed by atoms with E-state index >= 15 is 0 Å². The molecule has 0 unspecified atom stereocenters. The molecule has 3 amide bonds. The van der Waals surface area contributed by atoms with Crippen molar-refractivity contribution in [3.63, 3.8) is 0 Å². The average Bonchev–Trinajstić information content (AvgIpc) is 3.48. The van der Waals surface area contributed by atoms with Crippen LogP contribution in [0, 0.1) is 11.8 Å². The Kier molecular flexibility index (Phi) is 6.76. The number of rotatable bonds is 5. The molecule has 5 atom stereocenters. The molecule has 9 heteroatoms. The van der Waals surface area contributed by atoms with Gasteiger partial charge < -0.3 is 20.3 Å². The van der Waals surface area contributed by atoms with E-state index in [1.807, 2.05) is 19.1 Å². The number of carbonyl (C=O) groups is 3. The van der Waals surface area contributed by atoms with E-state index in [4.69, 9.17) is 27.9 Å². The van der Waals surface area contributed by atoms with Crippen LogP contribution < -0.4 is 10.6 Å². The fourth-order valence-corrected chi connectivity index (χ4v) is 7.94. The molecule has 38 heavy (non-hydrogen) atoms. The molecule has 5 aliphatic rings. The molecule has 2 saturated carbocycles. The van der Waals surface area contributed by atoms with Crippen molar-refractivity contribution in [1.29, 1.82) is 0 Å². The number of amides is 3. The molecular weight excluding hydrogens is 525 g/mol. The molecule has 0 aromatic heterocycles. The number of nitrogens with one attached hydrogen (secondary N) is 2. The minimum Gasteiger partial charge on any atom is -0.356 e. The molecule has 0 radical (unpaired) electrons. The summed E-state index contributed by atoms with van der Waals surface area (Å²) in [7, 11) is 0. The highest BCUT2D eigenvalue weighted by Gasteiger charge is 2.76. The fraction of sp³-hybridized carbons (Fsp3) is 0.621. The maximum atomic E-state index is 14.3. The predicted molar refractivity (Wildman–Crippen MR) is 146 cm³/mol. The van der Waals surface area contributed by atoms with Crippen LogP contribution in [0.4, 0.5) is 5.69 Å². The molecule has 2 aliphatic carbocycles. The van der Waals surface area contributed by atoms with Crippen LogP contribution in [0.3, 0.4) is 0 Å². The van der Waals surface area contributed by atoms with E-state index in [0.717, 1.165) is 57.8 Å². The summed E-state index contributed by atoms with van der Waals surface area (Å²) >= 11 is 12.2. The van der Waals surface area contributed by atoms with Crippen molar-refractivity contribution < 1.29 is 19.1 Å². The van der Waals surface area contributed by atoms with Gasteiger partial charge in [0.05, 0.1) is 27.5 Å². The van der Waals surface area contributed by atoms with Gasteiger partial charge in [0, 0.05) is 17.8 Å². The van der Waals surface area contributed by atoms with Crippen LogP contribution in [0.25, 0.3) is 0 Å². The van der Waals surface area contributed by atoms with Crippen molar-refractivity contribution in [2.24, 2.45) is 11.8 Å². The Hall–Kier alpha value is -2.09. The van der Waals surface area contributed by atoms with E-state index in [9.17, 15) is 14.4 Å². The molecule has 4 fully saturated rings. The summed E-state index contributed by atoms with van der Waals surface area (Å²) in [6.45, 7) is 1.84. The van der Waals surface area contributed by atoms with Crippen LogP contribution in [0.5, 0.6) is 0 Å². The molecule has 2 saturated heterocycles. The average molecular weight is 561 g/mol. The maximum Gasteiger partial charge on any atom is 0.246 e. The third kappa shape index (κ3) is 4.16. The first kappa shape index (κ1) is 26.1. The third-order valence-corrected chi connectivity index (χ3v) is 10.1.